The van der Waals surface area contributed by atoms with Crippen LogP contribution in [-0.2, 0) is 28.3 Å². The first kappa shape index (κ1) is 25.2. The van der Waals surface area contributed by atoms with E-state index in [0.717, 1.165) is 44.6 Å². The predicted octanol–water partition coefficient (Wildman–Crippen LogP) is 3.98. The van der Waals surface area contributed by atoms with E-state index < -0.39 is 21.9 Å². The van der Waals surface area contributed by atoms with Gasteiger partial charge in [-0.15, -0.1) is 4.65 Å². The number of nitrogens with one attached hydrogen (secondary N) is 1. The molecule has 0 heterocycles. The second-order valence-electron chi connectivity index (χ2n) is 7.64. The summed E-state index contributed by atoms with van der Waals surface area (Å²) in [5.74, 6) is -0.668. The summed E-state index contributed by atoms with van der Waals surface area (Å²) in [6.07, 6.45) is 6.85. The Bertz CT molecular complexity index is 458. The van der Waals surface area contributed by atoms with Gasteiger partial charge >= 0.3 is 10.5 Å². The van der Waals surface area contributed by atoms with E-state index in [1.165, 1.54) is 0 Å². The van der Waals surface area contributed by atoms with Gasteiger partial charge in [0.05, 0.1) is 14.4 Å². The maximum Gasteiger partial charge on any atom is 0.451 e. The number of hydroxylamine groups is 3. The Hall–Kier alpha value is -0.760. The molecule has 7 heteroatoms. The third-order valence-corrected chi connectivity index (χ3v) is 5.83. The number of hydrogen-bond acceptors (Lipinski definition) is 3. The van der Waals surface area contributed by atoms with Crippen LogP contribution in [0.25, 0.3) is 0 Å². The highest BCUT2D eigenvalue weighted by molar-refractivity contribution is 7.92. The van der Waals surface area contributed by atoms with Crippen LogP contribution in [0, 0.1) is 0 Å². The highest BCUT2D eigenvalue weighted by atomic mass is 32.3. The second kappa shape index (κ2) is 11.8. The Morgan fingerprint density at radius 3 is 1.85 bits per heavy atom. The smallest absolute Gasteiger partial charge is 0.343 e. The molecular weight excluding hydrogens is 352 g/mol. The van der Waals surface area contributed by atoms with Crippen molar-refractivity contribution in [1.29, 1.82) is 0 Å². The molecule has 0 spiro atoms. The lowest BCUT2D eigenvalue weighted by Gasteiger charge is -2.32. The van der Waals surface area contributed by atoms with Crippen molar-refractivity contribution in [2.45, 2.75) is 78.7 Å². The van der Waals surface area contributed by atoms with Crippen molar-refractivity contribution in [3.05, 3.63) is 12.7 Å². The Labute approximate surface area is 161 Å². The van der Waals surface area contributed by atoms with Crippen molar-refractivity contribution >= 4 is 16.4 Å². The number of hydrogen-bond donors (Lipinski definition) is 1. The van der Waals surface area contributed by atoms with E-state index >= 15 is 0 Å². The van der Waals surface area contributed by atoms with Crippen molar-refractivity contribution in [1.82, 2.24) is 5.32 Å². The van der Waals surface area contributed by atoms with Crippen LogP contribution in [0.5, 0.6) is 0 Å². The SMILES string of the molecule is C=CC(=O)NC(C)(C)C[S+]([O])(=O)O[N+](CCCC)(CCCC)CCCC. The molecule has 0 aliphatic heterocycles. The molecule has 0 aliphatic rings. The minimum Gasteiger partial charge on any atom is -0.343 e. The first-order valence-corrected chi connectivity index (χ1v) is 11.4. The summed E-state index contributed by atoms with van der Waals surface area (Å²) in [5.41, 5.74) is -0.931. The number of amides is 1. The number of rotatable bonds is 15. The van der Waals surface area contributed by atoms with Crippen LogP contribution in [0.3, 0.4) is 0 Å². The summed E-state index contributed by atoms with van der Waals surface area (Å²) in [5, 5.41) is 2.65. The summed E-state index contributed by atoms with van der Waals surface area (Å²) in [6.45, 7) is 15.1. The third kappa shape index (κ3) is 10.4. The van der Waals surface area contributed by atoms with E-state index in [0.29, 0.717) is 19.6 Å². The standard InChI is InChI=1S/C19H38N2O4S/c1-7-11-14-21(15-12-8-2,16-13-9-3)25-26(23,24)17-19(5,6)20-18(22)10-4/h10H,4,7-9,11-17H2,1-3,5-6H3/q+1/p+1. The highest BCUT2D eigenvalue weighted by Crippen LogP contribution is 2.24. The molecule has 0 aromatic heterocycles. The summed E-state index contributed by atoms with van der Waals surface area (Å²) in [6, 6.07) is 0. The molecule has 1 unspecified atom stereocenters. The van der Waals surface area contributed by atoms with E-state index in [1.54, 1.807) is 13.8 Å². The van der Waals surface area contributed by atoms with Gasteiger partial charge in [-0.25, -0.2) is 0 Å². The van der Waals surface area contributed by atoms with E-state index in [4.69, 9.17) is 4.28 Å². The van der Waals surface area contributed by atoms with Crippen molar-refractivity contribution in [3.8, 4) is 0 Å². The number of unbranched alkanes of at least 4 members (excludes halogenated alkanes) is 3. The van der Waals surface area contributed by atoms with Gasteiger partial charge in [0.1, 0.15) is 19.6 Å². The fourth-order valence-electron chi connectivity index (χ4n) is 2.92. The van der Waals surface area contributed by atoms with E-state index in [-0.39, 0.29) is 10.4 Å². The van der Waals surface area contributed by atoms with Crippen molar-refractivity contribution in [2.24, 2.45) is 0 Å². The van der Waals surface area contributed by atoms with Gasteiger partial charge in [0, 0.05) is 0 Å². The zero-order chi connectivity index (χ0) is 20.3. The molecule has 0 rings (SSSR count). The Morgan fingerprint density at radius 1 is 1.08 bits per heavy atom. The van der Waals surface area contributed by atoms with Crippen LogP contribution in [0.1, 0.15) is 73.1 Å². The summed E-state index contributed by atoms with van der Waals surface area (Å²) < 4.78 is 31.6. The van der Waals surface area contributed by atoms with E-state index in [2.05, 4.69) is 32.7 Å². The monoisotopic (exact) mass is 391 g/mol. The number of quaternary nitrogens is 1. The van der Waals surface area contributed by atoms with Gasteiger partial charge in [-0.2, -0.15) is 0 Å². The molecule has 0 saturated carbocycles. The third-order valence-electron chi connectivity index (χ3n) is 4.21. The quantitative estimate of drug-likeness (QED) is 0.199. The molecule has 1 amide bonds. The molecule has 0 bridgehead atoms. The van der Waals surface area contributed by atoms with Gasteiger partial charge in [-0.3, -0.25) is 4.79 Å². The fraction of sp³-hybridized carbons (Fsp3) is 0.842. The molecule has 0 fully saturated rings. The first-order valence-electron chi connectivity index (χ1n) is 9.80. The molecule has 26 heavy (non-hydrogen) atoms. The molecular formula is C19H39N2O4S+2. The van der Waals surface area contributed by atoms with Crippen molar-refractivity contribution in [2.75, 3.05) is 25.4 Å². The van der Waals surface area contributed by atoms with Gasteiger partial charge in [-0.1, -0.05) is 46.6 Å². The zero-order valence-electron chi connectivity index (χ0n) is 17.3. The van der Waals surface area contributed by atoms with Crippen LogP contribution in [0.2, 0.25) is 0 Å². The molecule has 1 atom stereocenters. The molecule has 0 aromatic carbocycles. The maximum atomic E-state index is 12.8. The van der Waals surface area contributed by atoms with Gasteiger partial charge < -0.3 is 5.32 Å². The zero-order valence-corrected chi connectivity index (χ0v) is 18.2. The molecule has 0 aromatic rings. The van der Waals surface area contributed by atoms with E-state index in [9.17, 15) is 13.6 Å². The minimum atomic E-state index is -3.82. The topological polar surface area (TPSA) is 75.3 Å². The largest absolute Gasteiger partial charge is 0.451 e. The van der Waals surface area contributed by atoms with Gasteiger partial charge in [0.25, 0.3) is 0 Å². The number of carbonyl (C=O) groups is 1. The van der Waals surface area contributed by atoms with Gasteiger partial charge in [-0.05, 0) is 43.4 Å². The second-order valence-corrected chi connectivity index (χ2v) is 9.20. The number of nitrogens with zero attached hydrogens (tertiary/aromatic N) is 1. The van der Waals surface area contributed by atoms with E-state index in [1.807, 2.05) is 0 Å². The lowest BCUT2D eigenvalue weighted by atomic mass is 10.1. The average Bonchev–Trinajstić information content (AvgIpc) is 2.54. The van der Waals surface area contributed by atoms with Crippen molar-refractivity contribution < 1.29 is 22.5 Å². The molecule has 0 saturated heterocycles. The average molecular weight is 392 g/mol. The lowest BCUT2D eigenvalue weighted by Crippen LogP contribution is -2.56. The summed E-state index contributed by atoms with van der Waals surface area (Å²) >= 11 is 0. The van der Waals surface area contributed by atoms with Crippen molar-refractivity contribution in [3.63, 3.8) is 0 Å². The molecule has 6 nitrogen and oxygen atoms in total. The lowest BCUT2D eigenvalue weighted by molar-refractivity contribution is -1.08. The highest BCUT2D eigenvalue weighted by Gasteiger charge is 2.49. The number of carbonyl (C=O) groups excluding carboxylic acids is 1. The first-order chi connectivity index (χ1) is 12.1. The minimum absolute atomic E-state index is 0.156. The van der Waals surface area contributed by atoms with Gasteiger partial charge in [0.15, 0.2) is 0 Å². The molecule has 1 radical (unpaired) electrons. The summed E-state index contributed by atoms with van der Waals surface area (Å²) in [4.78, 5) is 11.6. The predicted molar refractivity (Wildman–Crippen MR) is 107 cm³/mol. The van der Waals surface area contributed by atoms with Crippen LogP contribution in [0.4, 0.5) is 0 Å². The fourth-order valence-corrected chi connectivity index (χ4v) is 4.63. The van der Waals surface area contributed by atoms with Crippen LogP contribution >= 0.6 is 0 Å². The Kier molecular flexibility index (Phi) is 11.5. The van der Waals surface area contributed by atoms with Crippen LogP contribution in [-0.4, -0.2) is 41.5 Å². The Morgan fingerprint density at radius 2 is 1.50 bits per heavy atom. The van der Waals surface area contributed by atoms with Crippen LogP contribution < -0.4 is 5.32 Å². The normalized spacial score (nSPS) is 14.7. The van der Waals surface area contributed by atoms with Crippen LogP contribution in [0.15, 0.2) is 12.7 Å². The molecule has 0 aliphatic carbocycles. The Balaban J connectivity index is 5.35. The maximum absolute atomic E-state index is 12.8. The molecule has 1 N–H and O–H groups in total. The summed E-state index contributed by atoms with van der Waals surface area (Å²) in [7, 11) is -3.82. The van der Waals surface area contributed by atoms with Gasteiger partial charge in [0.2, 0.25) is 11.7 Å². The molecule has 153 valence electrons.